The van der Waals surface area contributed by atoms with Gasteiger partial charge >= 0.3 is 0 Å². The van der Waals surface area contributed by atoms with Crippen LogP contribution in [0.4, 0.5) is 17.5 Å². The van der Waals surface area contributed by atoms with Crippen LogP contribution in [0.15, 0.2) is 71.2 Å². The Hall–Kier alpha value is -3.16. The Balaban J connectivity index is 1.44. The SMILES string of the molecule is Nc1nc(Nc2cccc(Br)c2)c2cc(-c3ccc(OC4CCCCO4)cc3)ccc2n1. The lowest BCUT2D eigenvalue weighted by atomic mass is 10.0. The van der Waals surface area contributed by atoms with Gasteiger partial charge in [-0.25, -0.2) is 4.98 Å². The van der Waals surface area contributed by atoms with E-state index in [1.807, 2.05) is 48.5 Å². The molecule has 0 saturated carbocycles. The standard InChI is InChI=1S/C25H23BrN4O2/c26-18-4-3-5-19(15-18)28-24-21-14-17(9-12-22(21)29-25(27)30-24)16-7-10-20(11-8-16)32-23-6-1-2-13-31-23/h3-5,7-12,14-15,23H,1-2,6,13H2,(H3,27,28,29,30). The van der Waals surface area contributed by atoms with Crippen molar-refractivity contribution in [3.05, 3.63) is 71.2 Å². The first-order valence-electron chi connectivity index (χ1n) is 10.6. The predicted molar refractivity (Wildman–Crippen MR) is 131 cm³/mol. The molecule has 1 aliphatic rings. The Labute approximate surface area is 194 Å². The lowest BCUT2D eigenvalue weighted by Gasteiger charge is -2.23. The van der Waals surface area contributed by atoms with Crippen molar-refractivity contribution in [2.24, 2.45) is 0 Å². The normalized spacial score (nSPS) is 16.1. The highest BCUT2D eigenvalue weighted by molar-refractivity contribution is 9.10. The third-order valence-electron chi connectivity index (χ3n) is 5.39. The smallest absolute Gasteiger partial charge is 0.222 e. The lowest BCUT2D eigenvalue weighted by molar-refractivity contribution is -0.105. The molecule has 2 heterocycles. The van der Waals surface area contributed by atoms with E-state index >= 15 is 0 Å². The molecular weight excluding hydrogens is 468 g/mol. The number of aromatic nitrogens is 2. The molecule has 3 aromatic carbocycles. The van der Waals surface area contributed by atoms with Gasteiger partial charge in [0, 0.05) is 22.0 Å². The van der Waals surface area contributed by atoms with Gasteiger partial charge in [-0.05, 0) is 66.4 Å². The number of hydrogen-bond donors (Lipinski definition) is 2. The average molecular weight is 491 g/mol. The van der Waals surface area contributed by atoms with E-state index in [1.54, 1.807) is 0 Å². The van der Waals surface area contributed by atoms with Crippen molar-refractivity contribution < 1.29 is 9.47 Å². The molecule has 6 nitrogen and oxygen atoms in total. The first-order chi connectivity index (χ1) is 15.6. The first-order valence-corrected chi connectivity index (χ1v) is 11.4. The van der Waals surface area contributed by atoms with Gasteiger partial charge in [-0.3, -0.25) is 0 Å². The van der Waals surface area contributed by atoms with Crippen LogP contribution in [-0.2, 0) is 4.74 Å². The number of hydrogen-bond acceptors (Lipinski definition) is 6. The Morgan fingerprint density at radius 3 is 2.59 bits per heavy atom. The highest BCUT2D eigenvalue weighted by atomic mass is 79.9. The molecule has 1 atom stereocenters. The van der Waals surface area contributed by atoms with Crippen LogP contribution in [0.25, 0.3) is 22.0 Å². The number of nitrogens with two attached hydrogens (primary N) is 1. The third kappa shape index (κ3) is 4.69. The maximum Gasteiger partial charge on any atom is 0.222 e. The molecule has 1 aromatic heterocycles. The summed E-state index contributed by atoms with van der Waals surface area (Å²) in [5.74, 6) is 1.71. The Morgan fingerprint density at radius 1 is 0.969 bits per heavy atom. The van der Waals surface area contributed by atoms with Crippen LogP contribution in [-0.4, -0.2) is 22.9 Å². The fourth-order valence-corrected chi connectivity index (χ4v) is 4.21. The summed E-state index contributed by atoms with van der Waals surface area (Å²) >= 11 is 3.50. The molecule has 32 heavy (non-hydrogen) atoms. The fraction of sp³-hybridized carbons (Fsp3) is 0.200. The van der Waals surface area contributed by atoms with E-state index in [0.29, 0.717) is 5.82 Å². The highest BCUT2D eigenvalue weighted by Crippen LogP contribution is 2.31. The van der Waals surface area contributed by atoms with Crippen molar-refractivity contribution in [3.63, 3.8) is 0 Å². The average Bonchev–Trinajstić information content (AvgIpc) is 2.80. The van der Waals surface area contributed by atoms with Gasteiger partial charge in [0.1, 0.15) is 11.6 Å². The molecular formula is C25H23BrN4O2. The number of halogens is 1. The zero-order valence-corrected chi connectivity index (χ0v) is 19.0. The van der Waals surface area contributed by atoms with Crippen LogP contribution in [0.5, 0.6) is 5.75 Å². The van der Waals surface area contributed by atoms with Crippen LogP contribution in [0, 0.1) is 0 Å². The number of nitrogen functional groups attached to an aromatic ring is 1. The van der Waals surface area contributed by atoms with Crippen molar-refractivity contribution >= 4 is 44.3 Å². The molecule has 0 radical (unpaired) electrons. The van der Waals surface area contributed by atoms with Gasteiger partial charge in [-0.1, -0.05) is 40.2 Å². The summed E-state index contributed by atoms with van der Waals surface area (Å²) in [5, 5.41) is 4.26. The lowest BCUT2D eigenvalue weighted by Crippen LogP contribution is -2.24. The summed E-state index contributed by atoms with van der Waals surface area (Å²) in [6, 6.07) is 22.1. The molecule has 1 aliphatic heterocycles. The molecule has 0 spiro atoms. The molecule has 0 amide bonds. The molecule has 1 unspecified atom stereocenters. The number of nitrogens with zero attached hydrogens (tertiary/aromatic N) is 2. The van der Waals surface area contributed by atoms with E-state index < -0.39 is 0 Å². The van der Waals surface area contributed by atoms with Crippen molar-refractivity contribution in [3.8, 4) is 16.9 Å². The van der Waals surface area contributed by atoms with E-state index in [9.17, 15) is 0 Å². The summed E-state index contributed by atoms with van der Waals surface area (Å²) in [6.45, 7) is 0.767. The largest absolute Gasteiger partial charge is 0.465 e. The maximum atomic E-state index is 5.96. The molecule has 3 N–H and O–H groups in total. The van der Waals surface area contributed by atoms with Gasteiger partial charge in [-0.2, -0.15) is 4.98 Å². The maximum absolute atomic E-state index is 5.96. The molecule has 4 aromatic rings. The van der Waals surface area contributed by atoms with Crippen molar-refractivity contribution in [2.75, 3.05) is 17.7 Å². The van der Waals surface area contributed by atoms with Crippen molar-refractivity contribution in [2.45, 2.75) is 25.6 Å². The number of anilines is 3. The zero-order valence-electron chi connectivity index (χ0n) is 17.4. The zero-order chi connectivity index (χ0) is 21.9. The summed E-state index contributed by atoms with van der Waals surface area (Å²) < 4.78 is 12.6. The van der Waals surface area contributed by atoms with Crippen molar-refractivity contribution in [1.29, 1.82) is 0 Å². The minimum absolute atomic E-state index is 0.149. The molecule has 0 aliphatic carbocycles. The van der Waals surface area contributed by atoms with Gasteiger partial charge in [0.05, 0.1) is 12.1 Å². The Kier molecular flexibility index (Phi) is 5.92. The van der Waals surface area contributed by atoms with Gasteiger partial charge < -0.3 is 20.5 Å². The Bertz CT molecular complexity index is 1240. The molecule has 0 bridgehead atoms. The Morgan fingerprint density at radius 2 is 1.81 bits per heavy atom. The van der Waals surface area contributed by atoms with Crippen LogP contribution < -0.4 is 15.8 Å². The monoisotopic (exact) mass is 490 g/mol. The van der Waals surface area contributed by atoms with Crippen LogP contribution >= 0.6 is 15.9 Å². The van der Waals surface area contributed by atoms with Crippen LogP contribution in [0.1, 0.15) is 19.3 Å². The summed E-state index contributed by atoms with van der Waals surface area (Å²) in [7, 11) is 0. The van der Waals surface area contributed by atoms with Gasteiger partial charge in [0.25, 0.3) is 0 Å². The van der Waals surface area contributed by atoms with Crippen molar-refractivity contribution in [1.82, 2.24) is 9.97 Å². The van der Waals surface area contributed by atoms with Crippen LogP contribution in [0.3, 0.4) is 0 Å². The fourth-order valence-electron chi connectivity index (χ4n) is 3.81. The second kappa shape index (κ2) is 9.14. The van der Waals surface area contributed by atoms with E-state index in [4.69, 9.17) is 15.2 Å². The van der Waals surface area contributed by atoms with Gasteiger partial charge in [0.15, 0.2) is 6.29 Å². The molecule has 1 fully saturated rings. The van der Waals surface area contributed by atoms with Gasteiger partial charge in [0.2, 0.25) is 5.95 Å². The van der Waals surface area contributed by atoms with Gasteiger partial charge in [-0.15, -0.1) is 0 Å². The highest BCUT2D eigenvalue weighted by Gasteiger charge is 2.15. The summed E-state index contributed by atoms with van der Waals surface area (Å²) in [4.78, 5) is 8.84. The van der Waals surface area contributed by atoms with E-state index in [1.165, 1.54) is 0 Å². The minimum atomic E-state index is -0.149. The third-order valence-corrected chi connectivity index (χ3v) is 5.89. The predicted octanol–water partition coefficient (Wildman–Crippen LogP) is 6.29. The van der Waals surface area contributed by atoms with E-state index in [-0.39, 0.29) is 12.2 Å². The number of ether oxygens (including phenoxy) is 2. The topological polar surface area (TPSA) is 82.3 Å². The minimum Gasteiger partial charge on any atom is -0.465 e. The van der Waals surface area contributed by atoms with E-state index in [0.717, 1.165) is 63.8 Å². The molecule has 1 saturated heterocycles. The number of nitrogens with one attached hydrogen (secondary N) is 1. The first kappa shape index (κ1) is 20.7. The van der Waals surface area contributed by atoms with Crippen LogP contribution in [0.2, 0.25) is 0 Å². The summed E-state index contributed by atoms with van der Waals surface area (Å²) in [5.41, 5.74) is 9.79. The molecule has 5 rings (SSSR count). The number of fused-ring (bicyclic) bond motifs is 1. The molecule has 162 valence electrons. The molecule has 7 heteroatoms. The second-order valence-corrected chi connectivity index (χ2v) is 8.65. The summed E-state index contributed by atoms with van der Waals surface area (Å²) in [6.07, 6.45) is 3.03. The number of benzene rings is 3. The number of rotatable bonds is 5. The second-order valence-electron chi connectivity index (χ2n) is 7.74. The quantitative estimate of drug-likeness (QED) is 0.342. The van der Waals surface area contributed by atoms with E-state index in [2.05, 4.69) is 49.4 Å².